The second kappa shape index (κ2) is 8.63. The predicted molar refractivity (Wildman–Crippen MR) is 104 cm³/mol. The van der Waals surface area contributed by atoms with Gasteiger partial charge in [-0.25, -0.2) is 8.42 Å². The number of benzene rings is 1. The first-order valence-electron chi connectivity index (χ1n) is 9.13. The van der Waals surface area contributed by atoms with Crippen LogP contribution in [0.5, 0.6) is 0 Å². The van der Waals surface area contributed by atoms with Gasteiger partial charge in [0.15, 0.2) is 9.84 Å². The van der Waals surface area contributed by atoms with Gasteiger partial charge in [-0.3, -0.25) is 14.7 Å². The molecule has 0 aliphatic carbocycles. The quantitative estimate of drug-likeness (QED) is 0.757. The smallest absolute Gasteiger partial charge is 0.223 e. The van der Waals surface area contributed by atoms with Crippen molar-refractivity contribution >= 4 is 15.7 Å². The van der Waals surface area contributed by atoms with Crippen LogP contribution >= 0.6 is 0 Å². The Bertz CT molecular complexity index is 859. The number of aryl methyl sites for hydroxylation is 1. The molecule has 6 nitrogen and oxygen atoms in total. The van der Waals surface area contributed by atoms with E-state index < -0.39 is 9.84 Å². The molecule has 7 heteroatoms. The van der Waals surface area contributed by atoms with E-state index in [1.165, 1.54) is 0 Å². The lowest BCUT2D eigenvalue weighted by Crippen LogP contribution is -2.48. The lowest BCUT2D eigenvalue weighted by atomic mass is 10.2. The van der Waals surface area contributed by atoms with E-state index >= 15 is 0 Å². The Morgan fingerprint density at radius 1 is 1.04 bits per heavy atom. The molecule has 1 aromatic heterocycles. The van der Waals surface area contributed by atoms with Gasteiger partial charge in [-0.2, -0.15) is 0 Å². The van der Waals surface area contributed by atoms with Crippen molar-refractivity contribution in [2.45, 2.75) is 24.8 Å². The van der Waals surface area contributed by atoms with E-state index in [1.807, 2.05) is 25.1 Å². The first-order valence-corrected chi connectivity index (χ1v) is 10.8. The number of hydrogen-bond donors (Lipinski definition) is 0. The molecule has 144 valence electrons. The van der Waals surface area contributed by atoms with Crippen molar-refractivity contribution in [2.75, 3.05) is 31.9 Å². The summed E-state index contributed by atoms with van der Waals surface area (Å²) in [4.78, 5) is 21.1. The molecule has 0 saturated carbocycles. The standard InChI is InChI=1S/C20H25N3O3S/c1-17-5-7-19(8-6-17)27(25,26)15-9-20(24)23-13-11-22(12-14-23)16-18-4-2-3-10-21-18/h2-8,10H,9,11-16H2,1H3. The SMILES string of the molecule is Cc1ccc(S(=O)(=O)CCC(=O)N2CCN(Cc3ccccn3)CC2)cc1. The minimum absolute atomic E-state index is 0.0243. The second-order valence-corrected chi connectivity index (χ2v) is 8.97. The summed E-state index contributed by atoms with van der Waals surface area (Å²) in [7, 11) is -3.43. The third kappa shape index (κ3) is 5.37. The Kier molecular flexibility index (Phi) is 6.23. The zero-order chi connectivity index (χ0) is 19.3. The summed E-state index contributed by atoms with van der Waals surface area (Å²) in [6.45, 7) is 5.46. The van der Waals surface area contributed by atoms with Crippen LogP contribution in [0.3, 0.4) is 0 Å². The molecule has 0 spiro atoms. The molecule has 3 rings (SSSR count). The highest BCUT2D eigenvalue weighted by Crippen LogP contribution is 2.14. The van der Waals surface area contributed by atoms with Crippen LogP contribution in [0.15, 0.2) is 53.6 Å². The minimum Gasteiger partial charge on any atom is -0.340 e. The number of carbonyl (C=O) groups excluding carboxylic acids is 1. The maximum atomic E-state index is 12.4. The Morgan fingerprint density at radius 2 is 1.74 bits per heavy atom. The molecule has 0 bridgehead atoms. The Hall–Kier alpha value is -2.25. The van der Waals surface area contributed by atoms with Gasteiger partial charge in [0, 0.05) is 45.3 Å². The second-order valence-electron chi connectivity index (χ2n) is 6.86. The number of hydrogen-bond acceptors (Lipinski definition) is 5. The van der Waals surface area contributed by atoms with Crippen LogP contribution in [0.25, 0.3) is 0 Å². The number of rotatable bonds is 6. The fraction of sp³-hybridized carbons (Fsp3) is 0.400. The molecule has 1 saturated heterocycles. The van der Waals surface area contributed by atoms with Gasteiger partial charge >= 0.3 is 0 Å². The van der Waals surface area contributed by atoms with Crippen molar-refractivity contribution in [3.63, 3.8) is 0 Å². The van der Waals surface area contributed by atoms with Crippen molar-refractivity contribution in [3.05, 3.63) is 59.9 Å². The van der Waals surface area contributed by atoms with Crippen LogP contribution in [-0.4, -0.2) is 61.0 Å². The summed E-state index contributed by atoms with van der Waals surface area (Å²) >= 11 is 0. The molecular formula is C20H25N3O3S. The predicted octanol–water partition coefficient (Wildman–Crippen LogP) is 1.90. The summed E-state index contributed by atoms with van der Waals surface area (Å²) in [6, 6.07) is 12.6. The topological polar surface area (TPSA) is 70.6 Å². The average Bonchev–Trinajstić information content (AvgIpc) is 2.68. The molecule has 1 aliphatic rings. The van der Waals surface area contributed by atoms with Gasteiger partial charge in [-0.05, 0) is 31.2 Å². The number of sulfone groups is 1. The summed E-state index contributed by atoms with van der Waals surface area (Å²) in [5.74, 6) is -0.244. The van der Waals surface area contributed by atoms with Crippen LogP contribution in [0.2, 0.25) is 0 Å². The Labute approximate surface area is 160 Å². The maximum absolute atomic E-state index is 12.4. The number of amides is 1. The van der Waals surface area contributed by atoms with E-state index in [-0.39, 0.29) is 23.0 Å². The van der Waals surface area contributed by atoms with E-state index in [1.54, 1.807) is 35.4 Å². The summed E-state index contributed by atoms with van der Waals surface area (Å²) < 4.78 is 24.8. The lowest BCUT2D eigenvalue weighted by Gasteiger charge is -2.34. The van der Waals surface area contributed by atoms with Crippen LogP contribution in [0.4, 0.5) is 0 Å². The van der Waals surface area contributed by atoms with Crippen LogP contribution in [0, 0.1) is 6.92 Å². The zero-order valence-corrected chi connectivity index (χ0v) is 16.4. The highest BCUT2D eigenvalue weighted by molar-refractivity contribution is 7.91. The molecule has 1 amide bonds. The van der Waals surface area contributed by atoms with Gasteiger partial charge in [0.2, 0.25) is 5.91 Å². The van der Waals surface area contributed by atoms with E-state index in [0.717, 1.165) is 30.9 Å². The summed E-state index contributed by atoms with van der Waals surface area (Å²) in [5, 5.41) is 0. The third-order valence-corrected chi connectivity index (χ3v) is 6.53. The molecule has 0 N–H and O–H groups in total. The Balaban J connectivity index is 1.47. The molecule has 2 heterocycles. The van der Waals surface area contributed by atoms with Crippen LogP contribution in [0.1, 0.15) is 17.7 Å². The van der Waals surface area contributed by atoms with Crippen molar-refractivity contribution < 1.29 is 13.2 Å². The fourth-order valence-corrected chi connectivity index (χ4v) is 4.35. The third-order valence-electron chi connectivity index (χ3n) is 4.80. The number of pyridine rings is 1. The van der Waals surface area contributed by atoms with Crippen LogP contribution < -0.4 is 0 Å². The maximum Gasteiger partial charge on any atom is 0.223 e. The van der Waals surface area contributed by atoms with Gasteiger partial charge in [-0.15, -0.1) is 0 Å². The van der Waals surface area contributed by atoms with Crippen molar-refractivity contribution in [1.82, 2.24) is 14.8 Å². The highest BCUT2D eigenvalue weighted by atomic mass is 32.2. The van der Waals surface area contributed by atoms with Gasteiger partial charge < -0.3 is 4.90 Å². The molecule has 0 atom stereocenters. The largest absolute Gasteiger partial charge is 0.340 e. The molecule has 1 aromatic carbocycles. The highest BCUT2D eigenvalue weighted by Gasteiger charge is 2.23. The van der Waals surface area contributed by atoms with Gasteiger partial charge in [0.05, 0.1) is 16.3 Å². The summed E-state index contributed by atoms with van der Waals surface area (Å²) in [5.41, 5.74) is 2.02. The number of aromatic nitrogens is 1. The van der Waals surface area contributed by atoms with Crippen molar-refractivity contribution in [2.24, 2.45) is 0 Å². The number of nitrogens with zero attached hydrogens (tertiary/aromatic N) is 3. The monoisotopic (exact) mass is 387 g/mol. The summed E-state index contributed by atoms with van der Waals surface area (Å²) in [6.07, 6.45) is 1.81. The number of piperazine rings is 1. The fourth-order valence-electron chi connectivity index (χ4n) is 3.12. The lowest BCUT2D eigenvalue weighted by molar-refractivity contribution is -0.132. The molecule has 0 radical (unpaired) electrons. The molecular weight excluding hydrogens is 362 g/mol. The van der Waals surface area contributed by atoms with Crippen LogP contribution in [-0.2, 0) is 21.2 Å². The minimum atomic E-state index is -3.43. The van der Waals surface area contributed by atoms with Gasteiger partial charge in [-0.1, -0.05) is 23.8 Å². The van der Waals surface area contributed by atoms with Gasteiger partial charge in [0.25, 0.3) is 0 Å². The average molecular weight is 388 g/mol. The van der Waals surface area contributed by atoms with Crippen molar-refractivity contribution in [1.29, 1.82) is 0 Å². The Morgan fingerprint density at radius 3 is 2.37 bits per heavy atom. The molecule has 27 heavy (non-hydrogen) atoms. The van der Waals surface area contributed by atoms with Crippen molar-refractivity contribution in [3.8, 4) is 0 Å². The zero-order valence-electron chi connectivity index (χ0n) is 15.5. The molecule has 1 fully saturated rings. The van der Waals surface area contributed by atoms with Gasteiger partial charge in [0.1, 0.15) is 0 Å². The molecule has 2 aromatic rings. The molecule has 0 unspecified atom stereocenters. The van der Waals surface area contributed by atoms with E-state index in [0.29, 0.717) is 13.1 Å². The first-order chi connectivity index (χ1) is 12.9. The first kappa shape index (κ1) is 19.5. The van der Waals surface area contributed by atoms with E-state index in [4.69, 9.17) is 0 Å². The normalized spacial score (nSPS) is 15.7. The number of carbonyl (C=O) groups is 1. The van der Waals surface area contributed by atoms with E-state index in [9.17, 15) is 13.2 Å². The molecule has 1 aliphatic heterocycles. The van der Waals surface area contributed by atoms with E-state index in [2.05, 4.69) is 9.88 Å².